The number of thioether (sulfide) groups is 1. The van der Waals surface area contributed by atoms with Crippen LogP contribution in [0.2, 0.25) is 0 Å². The minimum atomic E-state index is -1.01. The molecular weight excluding hydrogens is 402 g/mol. The number of amides is 2. The van der Waals surface area contributed by atoms with E-state index >= 15 is 0 Å². The van der Waals surface area contributed by atoms with Crippen molar-refractivity contribution in [2.75, 3.05) is 31.6 Å². The van der Waals surface area contributed by atoms with Crippen LogP contribution in [0.1, 0.15) is 37.7 Å². The fourth-order valence-corrected chi connectivity index (χ4v) is 4.89. The van der Waals surface area contributed by atoms with Crippen LogP contribution in [0.3, 0.4) is 0 Å². The Balaban J connectivity index is 1.77. The summed E-state index contributed by atoms with van der Waals surface area (Å²) in [5.74, 6) is -0.501. The van der Waals surface area contributed by atoms with Crippen LogP contribution in [0.15, 0.2) is 30.3 Å². The highest BCUT2D eigenvalue weighted by molar-refractivity contribution is 7.98. The van der Waals surface area contributed by atoms with Crippen molar-refractivity contribution in [2.45, 2.75) is 49.6 Å². The summed E-state index contributed by atoms with van der Waals surface area (Å²) in [6, 6.07) is 8.51. The lowest BCUT2D eigenvalue weighted by Gasteiger charge is -2.42. The Hall–Kier alpha value is -2.06. The minimum absolute atomic E-state index is 0.109. The summed E-state index contributed by atoms with van der Waals surface area (Å²) in [5, 5.41) is 15.6. The Labute approximate surface area is 182 Å². The van der Waals surface area contributed by atoms with Crippen molar-refractivity contribution in [3.8, 4) is 0 Å². The first kappa shape index (κ1) is 22.6. The van der Waals surface area contributed by atoms with Crippen LogP contribution in [0, 0.1) is 0 Å². The monoisotopic (exact) mass is 433 g/mol. The van der Waals surface area contributed by atoms with Gasteiger partial charge in [-0.1, -0.05) is 30.3 Å². The number of carboxylic acids is 1. The fourth-order valence-electron chi connectivity index (χ4n) is 4.42. The van der Waals surface area contributed by atoms with Gasteiger partial charge >= 0.3 is 5.97 Å². The summed E-state index contributed by atoms with van der Waals surface area (Å²) in [7, 11) is 0. The van der Waals surface area contributed by atoms with E-state index in [1.807, 2.05) is 41.5 Å². The molecule has 30 heavy (non-hydrogen) atoms. The Morgan fingerprint density at radius 2 is 1.97 bits per heavy atom. The summed E-state index contributed by atoms with van der Waals surface area (Å²) in [6.45, 7) is 1.84. The molecule has 2 aliphatic heterocycles. The Kier molecular flexibility index (Phi) is 7.77. The number of benzene rings is 1. The van der Waals surface area contributed by atoms with E-state index in [1.165, 1.54) is 0 Å². The fraction of sp³-hybridized carbons (Fsp3) is 0.591. The molecule has 3 N–H and O–H groups in total. The predicted octanol–water partition coefficient (Wildman–Crippen LogP) is 1.62. The first-order chi connectivity index (χ1) is 14.5. The molecule has 0 saturated carbocycles. The van der Waals surface area contributed by atoms with Crippen LogP contribution in [0.4, 0.5) is 0 Å². The van der Waals surface area contributed by atoms with Crippen molar-refractivity contribution in [1.82, 2.24) is 15.5 Å². The molecule has 0 radical (unpaired) electrons. The van der Waals surface area contributed by atoms with Gasteiger partial charge in [-0.2, -0.15) is 11.8 Å². The van der Waals surface area contributed by atoms with E-state index < -0.39 is 17.4 Å². The number of hydrogen-bond donors (Lipinski definition) is 3. The standard InChI is InChI=1S/C22H31N3O4S/c1-30-15-9-18(20(27)28)24-21(29)22(16-6-3-2-4-7-16)10-13-25(14-11-22)19(26)17-8-5-12-23-17/h2-4,6-7,17-18,23H,5,8-15H2,1H3,(H,24,29)(H,27,28). The minimum Gasteiger partial charge on any atom is -0.480 e. The number of carbonyl (C=O) groups is 3. The zero-order chi connectivity index (χ0) is 21.6. The summed E-state index contributed by atoms with van der Waals surface area (Å²) >= 11 is 1.56. The first-order valence-corrected chi connectivity index (χ1v) is 12.0. The summed E-state index contributed by atoms with van der Waals surface area (Å²) in [4.78, 5) is 39.7. The van der Waals surface area contributed by atoms with Gasteiger partial charge < -0.3 is 20.6 Å². The van der Waals surface area contributed by atoms with Gasteiger partial charge in [0.1, 0.15) is 6.04 Å². The number of carbonyl (C=O) groups excluding carboxylic acids is 2. The zero-order valence-corrected chi connectivity index (χ0v) is 18.2. The highest BCUT2D eigenvalue weighted by Crippen LogP contribution is 2.36. The number of likely N-dealkylation sites (tertiary alicyclic amines) is 1. The highest BCUT2D eigenvalue weighted by atomic mass is 32.2. The molecule has 0 bridgehead atoms. The lowest BCUT2D eigenvalue weighted by Crippen LogP contribution is -2.57. The summed E-state index contributed by atoms with van der Waals surface area (Å²) in [6.07, 6.45) is 5.12. The number of aliphatic carboxylic acids is 1. The molecule has 0 aromatic heterocycles. The van der Waals surface area contributed by atoms with Crippen molar-refractivity contribution in [2.24, 2.45) is 0 Å². The second-order valence-electron chi connectivity index (χ2n) is 8.07. The summed E-state index contributed by atoms with van der Waals surface area (Å²) < 4.78 is 0. The normalized spacial score (nSPS) is 21.8. The van der Waals surface area contributed by atoms with Crippen molar-refractivity contribution in [3.63, 3.8) is 0 Å². The van der Waals surface area contributed by atoms with Gasteiger partial charge in [0.05, 0.1) is 11.5 Å². The lowest BCUT2D eigenvalue weighted by atomic mass is 9.71. The van der Waals surface area contributed by atoms with Crippen LogP contribution in [-0.2, 0) is 19.8 Å². The molecule has 2 heterocycles. The molecule has 0 spiro atoms. The Morgan fingerprint density at radius 3 is 2.53 bits per heavy atom. The molecule has 0 aliphatic carbocycles. The number of piperidine rings is 1. The molecule has 2 amide bonds. The van der Waals surface area contributed by atoms with Gasteiger partial charge in [-0.05, 0) is 56.2 Å². The molecule has 2 fully saturated rings. The quantitative estimate of drug-likeness (QED) is 0.576. The van der Waals surface area contributed by atoms with E-state index in [0.29, 0.717) is 38.1 Å². The molecule has 2 atom stereocenters. The molecule has 2 saturated heterocycles. The van der Waals surface area contributed by atoms with E-state index in [2.05, 4.69) is 10.6 Å². The highest BCUT2D eigenvalue weighted by Gasteiger charge is 2.45. The zero-order valence-electron chi connectivity index (χ0n) is 17.4. The van der Waals surface area contributed by atoms with E-state index in [4.69, 9.17) is 0 Å². The van der Waals surface area contributed by atoms with Gasteiger partial charge in [-0.25, -0.2) is 4.79 Å². The molecule has 1 aromatic rings. The molecular formula is C22H31N3O4S. The third-order valence-corrected chi connectivity index (χ3v) is 6.91. The maximum Gasteiger partial charge on any atom is 0.326 e. The molecule has 164 valence electrons. The van der Waals surface area contributed by atoms with E-state index in [1.54, 1.807) is 11.8 Å². The van der Waals surface area contributed by atoms with Gasteiger partial charge in [0, 0.05) is 13.1 Å². The molecule has 3 rings (SSSR count). The maximum absolute atomic E-state index is 13.4. The molecule has 1 aromatic carbocycles. The van der Waals surface area contributed by atoms with Crippen LogP contribution < -0.4 is 10.6 Å². The number of nitrogens with zero attached hydrogens (tertiary/aromatic N) is 1. The SMILES string of the molecule is CSCCC(NC(=O)C1(c2ccccc2)CCN(C(=O)C2CCCN2)CC1)C(=O)O. The first-order valence-electron chi connectivity index (χ1n) is 10.6. The van der Waals surface area contributed by atoms with Gasteiger partial charge in [0.15, 0.2) is 0 Å². The molecule has 2 unspecified atom stereocenters. The van der Waals surface area contributed by atoms with E-state index in [9.17, 15) is 19.5 Å². The van der Waals surface area contributed by atoms with Crippen LogP contribution in [0.5, 0.6) is 0 Å². The third kappa shape index (κ3) is 4.98. The van der Waals surface area contributed by atoms with Gasteiger partial charge in [-0.15, -0.1) is 0 Å². The average Bonchev–Trinajstić information content (AvgIpc) is 3.31. The van der Waals surface area contributed by atoms with Gasteiger partial charge in [-0.3, -0.25) is 9.59 Å². The Morgan fingerprint density at radius 1 is 1.27 bits per heavy atom. The van der Waals surface area contributed by atoms with Crippen molar-refractivity contribution in [3.05, 3.63) is 35.9 Å². The van der Waals surface area contributed by atoms with E-state index in [-0.39, 0.29) is 17.9 Å². The molecule has 8 heteroatoms. The average molecular weight is 434 g/mol. The van der Waals surface area contributed by atoms with Crippen LogP contribution >= 0.6 is 11.8 Å². The number of rotatable bonds is 8. The van der Waals surface area contributed by atoms with E-state index in [0.717, 1.165) is 24.9 Å². The third-order valence-electron chi connectivity index (χ3n) is 6.26. The summed E-state index contributed by atoms with van der Waals surface area (Å²) in [5.41, 5.74) is 0.0522. The lowest BCUT2D eigenvalue weighted by molar-refractivity contribution is -0.144. The topological polar surface area (TPSA) is 98.7 Å². The van der Waals surface area contributed by atoms with Crippen molar-refractivity contribution < 1.29 is 19.5 Å². The molecule has 7 nitrogen and oxygen atoms in total. The smallest absolute Gasteiger partial charge is 0.326 e. The number of nitrogens with one attached hydrogen (secondary N) is 2. The number of carboxylic acid groups (broad SMARTS) is 1. The van der Waals surface area contributed by atoms with Crippen LogP contribution in [0.25, 0.3) is 0 Å². The Bertz CT molecular complexity index is 744. The maximum atomic E-state index is 13.4. The second-order valence-corrected chi connectivity index (χ2v) is 9.05. The predicted molar refractivity (Wildman–Crippen MR) is 118 cm³/mol. The van der Waals surface area contributed by atoms with Crippen LogP contribution in [-0.4, -0.2) is 71.5 Å². The second kappa shape index (κ2) is 10.3. The number of hydrogen-bond acceptors (Lipinski definition) is 5. The van der Waals surface area contributed by atoms with Crippen molar-refractivity contribution in [1.29, 1.82) is 0 Å². The largest absolute Gasteiger partial charge is 0.480 e. The van der Waals surface area contributed by atoms with Gasteiger partial charge in [0.2, 0.25) is 11.8 Å². The molecule has 2 aliphatic rings. The van der Waals surface area contributed by atoms with Gasteiger partial charge in [0.25, 0.3) is 0 Å². The van der Waals surface area contributed by atoms with Crippen molar-refractivity contribution >= 4 is 29.5 Å².